The second-order valence-corrected chi connectivity index (χ2v) is 2.96. The molecular weight excluding hydrogens is 150 g/mol. The minimum Gasteiger partial charge on any atom is -0.367 e. The average molecular weight is 159 g/mol. The van der Waals surface area contributed by atoms with E-state index in [0.29, 0.717) is 11.6 Å². The summed E-state index contributed by atoms with van der Waals surface area (Å²) in [6, 6.07) is 6.15. The predicted molar refractivity (Wildman–Crippen MR) is 45.6 cm³/mol. The van der Waals surface area contributed by atoms with Crippen LogP contribution >= 0.6 is 0 Å². The quantitative estimate of drug-likeness (QED) is 0.711. The second-order valence-electron chi connectivity index (χ2n) is 2.96. The maximum Gasteiger partial charge on any atom is 0.127 e. The van der Waals surface area contributed by atoms with Gasteiger partial charge >= 0.3 is 0 Å². The van der Waals surface area contributed by atoms with E-state index in [-0.39, 0.29) is 0 Å². The molecule has 1 heterocycles. The zero-order chi connectivity index (χ0) is 8.39. The minimum absolute atomic E-state index is 0.589. The van der Waals surface area contributed by atoms with Crippen LogP contribution in [0.2, 0.25) is 0 Å². The largest absolute Gasteiger partial charge is 0.367 e. The van der Waals surface area contributed by atoms with Gasteiger partial charge in [0.15, 0.2) is 0 Å². The number of nitriles is 1. The van der Waals surface area contributed by atoms with Crippen LogP contribution in [0.25, 0.3) is 0 Å². The third-order valence-corrected chi connectivity index (χ3v) is 1.82. The third kappa shape index (κ3) is 1.54. The molecule has 0 aromatic carbocycles. The molecule has 1 aliphatic carbocycles. The molecule has 1 fully saturated rings. The summed E-state index contributed by atoms with van der Waals surface area (Å²) in [6.07, 6.45) is 4.10. The highest BCUT2D eigenvalue weighted by Gasteiger charge is 2.21. The molecule has 1 aromatic heterocycles. The first-order valence-electron chi connectivity index (χ1n) is 4.01. The SMILES string of the molecule is N#Cc1ccnc(NC2CC2)c1. The van der Waals surface area contributed by atoms with E-state index < -0.39 is 0 Å². The van der Waals surface area contributed by atoms with Crippen molar-refractivity contribution in [1.82, 2.24) is 4.98 Å². The van der Waals surface area contributed by atoms with E-state index in [1.807, 2.05) is 0 Å². The summed E-state index contributed by atoms with van der Waals surface area (Å²) < 4.78 is 0. The van der Waals surface area contributed by atoms with Gasteiger partial charge in [0.1, 0.15) is 5.82 Å². The van der Waals surface area contributed by atoms with Gasteiger partial charge in [-0.3, -0.25) is 0 Å². The van der Waals surface area contributed by atoms with Crippen LogP contribution in [0.1, 0.15) is 18.4 Å². The molecule has 0 atom stereocenters. The molecule has 0 radical (unpaired) electrons. The fourth-order valence-electron chi connectivity index (χ4n) is 1.02. The zero-order valence-corrected chi connectivity index (χ0v) is 6.62. The molecular formula is C9H9N3. The van der Waals surface area contributed by atoms with Crippen molar-refractivity contribution in [3.63, 3.8) is 0 Å². The number of pyridine rings is 1. The van der Waals surface area contributed by atoms with Gasteiger partial charge in [-0.05, 0) is 25.0 Å². The first-order valence-corrected chi connectivity index (χ1v) is 4.01. The van der Waals surface area contributed by atoms with E-state index in [9.17, 15) is 0 Å². The van der Waals surface area contributed by atoms with E-state index in [1.165, 1.54) is 12.8 Å². The summed E-state index contributed by atoms with van der Waals surface area (Å²) in [6.45, 7) is 0. The van der Waals surface area contributed by atoms with Gasteiger partial charge in [-0.2, -0.15) is 5.26 Å². The lowest BCUT2D eigenvalue weighted by molar-refractivity contribution is 1.11. The number of rotatable bonds is 2. The van der Waals surface area contributed by atoms with Crippen LogP contribution in [-0.2, 0) is 0 Å². The Bertz CT molecular complexity index is 323. The van der Waals surface area contributed by atoms with Gasteiger partial charge < -0.3 is 5.32 Å². The van der Waals surface area contributed by atoms with Crippen molar-refractivity contribution in [2.24, 2.45) is 0 Å². The lowest BCUT2D eigenvalue weighted by atomic mass is 10.3. The van der Waals surface area contributed by atoms with E-state index in [4.69, 9.17) is 5.26 Å². The maximum atomic E-state index is 8.61. The van der Waals surface area contributed by atoms with Crippen molar-refractivity contribution in [1.29, 1.82) is 5.26 Å². The summed E-state index contributed by atoms with van der Waals surface area (Å²) in [7, 11) is 0. The highest BCUT2D eigenvalue weighted by atomic mass is 15.0. The van der Waals surface area contributed by atoms with Gasteiger partial charge in [0.2, 0.25) is 0 Å². The summed E-state index contributed by atoms with van der Waals surface area (Å²) in [5.74, 6) is 0.816. The smallest absolute Gasteiger partial charge is 0.127 e. The molecule has 0 aliphatic heterocycles. The van der Waals surface area contributed by atoms with Gasteiger partial charge in [0.25, 0.3) is 0 Å². The maximum absolute atomic E-state index is 8.61. The lowest BCUT2D eigenvalue weighted by Crippen LogP contribution is -2.02. The van der Waals surface area contributed by atoms with E-state index in [0.717, 1.165) is 5.82 Å². The molecule has 0 saturated heterocycles. The van der Waals surface area contributed by atoms with Gasteiger partial charge in [0, 0.05) is 12.2 Å². The Hall–Kier alpha value is -1.56. The highest BCUT2D eigenvalue weighted by molar-refractivity contribution is 5.43. The van der Waals surface area contributed by atoms with Gasteiger partial charge in [-0.15, -0.1) is 0 Å². The third-order valence-electron chi connectivity index (χ3n) is 1.82. The lowest BCUT2D eigenvalue weighted by Gasteiger charge is -2.01. The molecule has 1 N–H and O–H groups in total. The van der Waals surface area contributed by atoms with Crippen LogP contribution in [0.3, 0.4) is 0 Å². The second kappa shape index (κ2) is 2.82. The predicted octanol–water partition coefficient (Wildman–Crippen LogP) is 1.53. The summed E-state index contributed by atoms with van der Waals surface area (Å²) >= 11 is 0. The fourth-order valence-corrected chi connectivity index (χ4v) is 1.02. The number of aromatic nitrogens is 1. The Morgan fingerprint density at radius 1 is 1.58 bits per heavy atom. The van der Waals surface area contributed by atoms with Crippen LogP contribution < -0.4 is 5.32 Å². The Morgan fingerprint density at radius 3 is 3.08 bits per heavy atom. The molecule has 1 saturated carbocycles. The number of nitrogens with one attached hydrogen (secondary N) is 1. The highest BCUT2D eigenvalue weighted by Crippen LogP contribution is 2.23. The van der Waals surface area contributed by atoms with Crippen molar-refractivity contribution in [3.05, 3.63) is 23.9 Å². The molecule has 60 valence electrons. The Morgan fingerprint density at radius 2 is 2.42 bits per heavy atom. The van der Waals surface area contributed by atoms with Gasteiger partial charge in [-0.1, -0.05) is 0 Å². The molecule has 3 nitrogen and oxygen atoms in total. The van der Waals surface area contributed by atoms with Crippen molar-refractivity contribution in [2.75, 3.05) is 5.32 Å². The average Bonchev–Trinajstić information content (AvgIpc) is 2.89. The van der Waals surface area contributed by atoms with E-state index in [1.54, 1.807) is 18.3 Å². The Balaban J connectivity index is 2.15. The van der Waals surface area contributed by atoms with E-state index >= 15 is 0 Å². The van der Waals surface area contributed by atoms with Crippen LogP contribution in [0.15, 0.2) is 18.3 Å². The van der Waals surface area contributed by atoms with Crippen LogP contribution in [0, 0.1) is 11.3 Å². The molecule has 3 heteroatoms. The number of hydrogen-bond donors (Lipinski definition) is 1. The normalized spacial score (nSPS) is 15.2. The zero-order valence-electron chi connectivity index (χ0n) is 6.62. The molecule has 0 unspecified atom stereocenters. The fraction of sp³-hybridized carbons (Fsp3) is 0.333. The van der Waals surface area contributed by atoms with Gasteiger partial charge in [0.05, 0.1) is 11.6 Å². The number of anilines is 1. The standard InChI is InChI=1S/C9H9N3/c10-6-7-3-4-11-9(5-7)12-8-1-2-8/h3-5,8H,1-2H2,(H,11,12). The van der Waals surface area contributed by atoms with E-state index in [2.05, 4.69) is 16.4 Å². The minimum atomic E-state index is 0.589. The van der Waals surface area contributed by atoms with Crippen molar-refractivity contribution < 1.29 is 0 Å². The summed E-state index contributed by atoms with van der Waals surface area (Å²) in [4.78, 5) is 4.11. The molecule has 0 amide bonds. The Labute approximate surface area is 71.0 Å². The number of hydrogen-bond acceptors (Lipinski definition) is 3. The van der Waals surface area contributed by atoms with Crippen molar-refractivity contribution in [3.8, 4) is 6.07 Å². The molecule has 0 bridgehead atoms. The van der Waals surface area contributed by atoms with Crippen LogP contribution in [0.5, 0.6) is 0 Å². The molecule has 12 heavy (non-hydrogen) atoms. The monoisotopic (exact) mass is 159 g/mol. The number of nitrogens with zero attached hydrogens (tertiary/aromatic N) is 2. The topological polar surface area (TPSA) is 48.7 Å². The summed E-state index contributed by atoms with van der Waals surface area (Å²) in [5.41, 5.74) is 0.660. The van der Waals surface area contributed by atoms with Crippen LogP contribution in [-0.4, -0.2) is 11.0 Å². The first-order chi connectivity index (χ1) is 5.88. The molecule has 0 spiro atoms. The van der Waals surface area contributed by atoms with Gasteiger partial charge in [-0.25, -0.2) is 4.98 Å². The molecule has 2 rings (SSSR count). The van der Waals surface area contributed by atoms with Crippen molar-refractivity contribution in [2.45, 2.75) is 18.9 Å². The van der Waals surface area contributed by atoms with Crippen molar-refractivity contribution >= 4 is 5.82 Å². The molecule has 1 aromatic rings. The first kappa shape index (κ1) is 7.11. The Kier molecular flexibility index (Phi) is 1.67. The van der Waals surface area contributed by atoms with Crippen LogP contribution in [0.4, 0.5) is 5.82 Å². The summed E-state index contributed by atoms with van der Waals surface area (Å²) in [5, 5.41) is 11.8. The molecule has 1 aliphatic rings.